The third kappa shape index (κ3) is 2.40. The van der Waals surface area contributed by atoms with Crippen LogP contribution < -0.4 is 11.1 Å². The molecule has 0 bridgehead atoms. The first-order chi connectivity index (χ1) is 8.17. The van der Waals surface area contributed by atoms with Gasteiger partial charge in [-0.25, -0.2) is 4.98 Å². The van der Waals surface area contributed by atoms with Crippen molar-refractivity contribution in [3.8, 4) is 0 Å². The number of anilines is 1. The van der Waals surface area contributed by atoms with E-state index in [4.69, 9.17) is 5.73 Å². The van der Waals surface area contributed by atoms with Gasteiger partial charge in [0.2, 0.25) is 0 Å². The minimum absolute atomic E-state index is 0.115. The number of carbonyl (C=O) groups is 1. The van der Waals surface area contributed by atoms with Crippen LogP contribution in [0, 0.1) is 5.41 Å². The Balaban J connectivity index is 1.96. The highest BCUT2D eigenvalue weighted by atomic mass is 16.1. The lowest BCUT2D eigenvalue weighted by Crippen LogP contribution is -2.41. The van der Waals surface area contributed by atoms with Crippen molar-refractivity contribution in [2.24, 2.45) is 5.41 Å². The highest BCUT2D eigenvalue weighted by Gasteiger charge is 2.35. The van der Waals surface area contributed by atoms with Crippen LogP contribution in [0.25, 0.3) is 0 Å². The minimum Gasteiger partial charge on any atom is -0.383 e. The van der Waals surface area contributed by atoms with Crippen LogP contribution >= 0.6 is 0 Å². The first kappa shape index (κ1) is 11.9. The van der Waals surface area contributed by atoms with Gasteiger partial charge in [0.15, 0.2) is 0 Å². The maximum absolute atomic E-state index is 11.9. The van der Waals surface area contributed by atoms with Gasteiger partial charge >= 0.3 is 0 Å². The summed E-state index contributed by atoms with van der Waals surface area (Å²) in [7, 11) is 0. The molecular weight excluding hydrogens is 214 g/mol. The minimum atomic E-state index is -0.115. The number of aromatic nitrogens is 1. The Morgan fingerprint density at radius 1 is 1.59 bits per heavy atom. The van der Waals surface area contributed by atoms with Crippen LogP contribution in [-0.2, 0) is 0 Å². The van der Waals surface area contributed by atoms with Gasteiger partial charge in [0.05, 0.1) is 5.56 Å². The number of carbonyl (C=O) groups excluding carboxylic acids is 1. The van der Waals surface area contributed by atoms with Crippen LogP contribution in [0.2, 0.25) is 0 Å². The van der Waals surface area contributed by atoms with Gasteiger partial charge in [0.1, 0.15) is 5.82 Å². The molecule has 0 atom stereocenters. The number of amides is 1. The van der Waals surface area contributed by atoms with Gasteiger partial charge in [-0.05, 0) is 36.8 Å². The summed E-state index contributed by atoms with van der Waals surface area (Å²) < 4.78 is 0. The number of rotatable bonds is 4. The number of pyridine rings is 1. The smallest absolute Gasteiger partial charge is 0.255 e. The zero-order valence-electron chi connectivity index (χ0n) is 10.2. The topological polar surface area (TPSA) is 68.0 Å². The summed E-state index contributed by atoms with van der Waals surface area (Å²) in [5.41, 5.74) is 6.46. The fraction of sp³-hybridized carbons (Fsp3) is 0.538. The summed E-state index contributed by atoms with van der Waals surface area (Å²) in [6.07, 6.45) is 6.42. The molecule has 2 rings (SSSR count). The largest absolute Gasteiger partial charge is 0.383 e. The van der Waals surface area contributed by atoms with Gasteiger partial charge in [-0.15, -0.1) is 0 Å². The molecule has 0 saturated heterocycles. The van der Waals surface area contributed by atoms with Crippen molar-refractivity contribution < 1.29 is 4.79 Å². The molecule has 3 N–H and O–H groups in total. The Morgan fingerprint density at radius 3 is 2.88 bits per heavy atom. The quantitative estimate of drug-likeness (QED) is 0.835. The van der Waals surface area contributed by atoms with Crippen molar-refractivity contribution in [1.82, 2.24) is 10.3 Å². The lowest BCUT2D eigenvalue weighted by atomic mass is 9.67. The summed E-state index contributed by atoms with van der Waals surface area (Å²) in [5.74, 6) is 0.180. The zero-order valence-corrected chi connectivity index (χ0v) is 10.2. The Kier molecular flexibility index (Phi) is 3.31. The highest BCUT2D eigenvalue weighted by molar-refractivity contribution is 5.98. The maximum atomic E-state index is 11.9. The molecule has 92 valence electrons. The van der Waals surface area contributed by atoms with E-state index >= 15 is 0 Å². The Morgan fingerprint density at radius 2 is 2.35 bits per heavy atom. The molecule has 0 aromatic carbocycles. The van der Waals surface area contributed by atoms with Crippen molar-refractivity contribution in [2.45, 2.75) is 32.6 Å². The molecule has 0 radical (unpaired) electrons. The molecule has 1 aliphatic carbocycles. The normalized spacial score (nSPS) is 17.2. The van der Waals surface area contributed by atoms with E-state index in [2.05, 4.69) is 17.2 Å². The third-order valence-corrected chi connectivity index (χ3v) is 3.87. The molecule has 1 saturated carbocycles. The van der Waals surface area contributed by atoms with E-state index in [9.17, 15) is 4.79 Å². The first-order valence-electron chi connectivity index (χ1n) is 6.15. The standard InChI is InChI=1S/C13H19N3O/c1-2-13(6-4-7-13)9-16-12(17)10-5-3-8-15-11(10)14/h3,5,8H,2,4,6-7,9H2,1H3,(H2,14,15)(H,16,17). The summed E-state index contributed by atoms with van der Waals surface area (Å²) in [6, 6.07) is 3.43. The Labute approximate surface area is 102 Å². The van der Waals surface area contributed by atoms with Gasteiger partial charge in [0.25, 0.3) is 5.91 Å². The molecule has 1 aliphatic rings. The Hall–Kier alpha value is -1.58. The predicted molar refractivity (Wildman–Crippen MR) is 67.6 cm³/mol. The summed E-state index contributed by atoms with van der Waals surface area (Å²) >= 11 is 0. The SMILES string of the molecule is CCC1(CNC(=O)c2cccnc2N)CCC1. The third-order valence-electron chi connectivity index (χ3n) is 3.87. The molecule has 0 aliphatic heterocycles. The number of hydrogen-bond donors (Lipinski definition) is 2. The van der Waals surface area contributed by atoms with Crippen molar-refractivity contribution in [3.63, 3.8) is 0 Å². The molecule has 4 nitrogen and oxygen atoms in total. The summed E-state index contributed by atoms with van der Waals surface area (Å²) in [6.45, 7) is 2.93. The van der Waals surface area contributed by atoms with E-state index in [0.29, 0.717) is 16.8 Å². The average molecular weight is 233 g/mol. The van der Waals surface area contributed by atoms with E-state index in [0.717, 1.165) is 13.0 Å². The molecule has 1 amide bonds. The second-order valence-corrected chi connectivity index (χ2v) is 4.83. The molecule has 1 aromatic heterocycles. The van der Waals surface area contributed by atoms with Crippen LogP contribution in [0.4, 0.5) is 5.82 Å². The summed E-state index contributed by atoms with van der Waals surface area (Å²) in [5, 5.41) is 2.97. The molecule has 0 spiro atoms. The maximum Gasteiger partial charge on any atom is 0.255 e. The number of nitrogens with zero attached hydrogens (tertiary/aromatic N) is 1. The van der Waals surface area contributed by atoms with Gasteiger partial charge in [-0.3, -0.25) is 4.79 Å². The van der Waals surface area contributed by atoms with Crippen LogP contribution in [0.5, 0.6) is 0 Å². The van der Waals surface area contributed by atoms with Crippen molar-refractivity contribution >= 4 is 11.7 Å². The molecule has 4 heteroatoms. The number of nitrogens with two attached hydrogens (primary N) is 1. The highest BCUT2D eigenvalue weighted by Crippen LogP contribution is 2.43. The predicted octanol–water partition coefficient (Wildman–Crippen LogP) is 1.97. The van der Waals surface area contributed by atoms with Crippen LogP contribution in [0.3, 0.4) is 0 Å². The summed E-state index contributed by atoms with van der Waals surface area (Å²) in [4.78, 5) is 15.9. The number of nitrogen functional groups attached to an aromatic ring is 1. The van der Waals surface area contributed by atoms with Crippen molar-refractivity contribution in [3.05, 3.63) is 23.9 Å². The van der Waals surface area contributed by atoms with Gasteiger partial charge in [-0.2, -0.15) is 0 Å². The lowest BCUT2D eigenvalue weighted by Gasteiger charge is -2.41. The van der Waals surface area contributed by atoms with Crippen LogP contribution in [0.15, 0.2) is 18.3 Å². The van der Waals surface area contributed by atoms with Crippen molar-refractivity contribution in [1.29, 1.82) is 0 Å². The van der Waals surface area contributed by atoms with Gasteiger partial charge < -0.3 is 11.1 Å². The molecule has 1 aromatic rings. The second-order valence-electron chi connectivity index (χ2n) is 4.83. The van der Waals surface area contributed by atoms with E-state index < -0.39 is 0 Å². The van der Waals surface area contributed by atoms with Gasteiger partial charge in [-0.1, -0.05) is 13.3 Å². The number of hydrogen-bond acceptors (Lipinski definition) is 3. The Bertz CT molecular complexity index is 407. The fourth-order valence-corrected chi connectivity index (χ4v) is 2.30. The van der Waals surface area contributed by atoms with Gasteiger partial charge in [0, 0.05) is 12.7 Å². The van der Waals surface area contributed by atoms with E-state index in [1.807, 2.05) is 0 Å². The molecule has 1 fully saturated rings. The van der Waals surface area contributed by atoms with Crippen molar-refractivity contribution in [2.75, 3.05) is 12.3 Å². The monoisotopic (exact) mass is 233 g/mol. The fourth-order valence-electron chi connectivity index (χ4n) is 2.30. The van der Waals surface area contributed by atoms with Crippen LogP contribution in [-0.4, -0.2) is 17.4 Å². The first-order valence-corrected chi connectivity index (χ1v) is 6.15. The average Bonchev–Trinajstić information content (AvgIpc) is 2.28. The molecule has 0 unspecified atom stereocenters. The van der Waals surface area contributed by atoms with E-state index in [1.54, 1.807) is 18.3 Å². The molecular formula is C13H19N3O. The van der Waals surface area contributed by atoms with Crippen LogP contribution in [0.1, 0.15) is 43.0 Å². The number of nitrogens with one attached hydrogen (secondary N) is 1. The lowest BCUT2D eigenvalue weighted by molar-refractivity contribution is 0.0850. The zero-order chi connectivity index (χ0) is 12.3. The molecule has 17 heavy (non-hydrogen) atoms. The molecule has 1 heterocycles. The van der Waals surface area contributed by atoms with E-state index in [1.165, 1.54) is 19.3 Å². The van der Waals surface area contributed by atoms with E-state index in [-0.39, 0.29) is 5.91 Å². The second kappa shape index (κ2) is 4.73.